The smallest absolute Gasteiger partial charge is 0.266 e. The summed E-state index contributed by atoms with van der Waals surface area (Å²) in [5.41, 5.74) is 3.75. The fourth-order valence-corrected chi connectivity index (χ4v) is 4.28. The fraction of sp³-hybridized carbons (Fsp3) is 0.227. The molecule has 2 heterocycles. The highest BCUT2D eigenvalue weighted by Crippen LogP contribution is 2.40. The third-order valence-corrected chi connectivity index (χ3v) is 6.04. The first kappa shape index (κ1) is 20.7. The summed E-state index contributed by atoms with van der Waals surface area (Å²) in [5, 5.41) is 2.78. The monoisotopic (exact) mass is 439 g/mol. The van der Waals surface area contributed by atoms with Crippen LogP contribution in [0.2, 0.25) is 0 Å². The predicted molar refractivity (Wildman–Crippen MR) is 120 cm³/mol. The van der Waals surface area contributed by atoms with Crippen LogP contribution >= 0.6 is 11.3 Å². The van der Waals surface area contributed by atoms with Crippen molar-refractivity contribution in [1.82, 2.24) is 9.38 Å². The molecule has 0 atom stereocenters. The quantitative estimate of drug-likeness (QED) is 0.509. The number of ether oxygens (including phenoxy) is 3. The Morgan fingerprint density at radius 1 is 0.968 bits per heavy atom. The summed E-state index contributed by atoms with van der Waals surface area (Å²) >= 11 is 1.15. The van der Waals surface area contributed by atoms with Crippen molar-refractivity contribution in [3.05, 3.63) is 56.7 Å². The zero-order valence-electron chi connectivity index (χ0n) is 17.7. The molecule has 0 fully saturated rings. The summed E-state index contributed by atoms with van der Waals surface area (Å²) in [6, 6.07) is 8.45. The topological polar surface area (TPSA) is 91.2 Å². The van der Waals surface area contributed by atoms with Crippen LogP contribution in [0.25, 0.3) is 16.0 Å². The van der Waals surface area contributed by atoms with Gasteiger partial charge >= 0.3 is 0 Å². The third-order valence-electron chi connectivity index (χ3n) is 5.06. The van der Waals surface area contributed by atoms with E-state index in [0.717, 1.165) is 33.5 Å². The van der Waals surface area contributed by atoms with Gasteiger partial charge in [-0.1, -0.05) is 11.3 Å². The molecule has 4 rings (SSSR count). The summed E-state index contributed by atoms with van der Waals surface area (Å²) in [4.78, 5) is 31.0. The van der Waals surface area contributed by atoms with Crippen LogP contribution in [0.4, 0.5) is 5.69 Å². The number of hydrogen-bond acceptors (Lipinski definition) is 7. The Balaban J connectivity index is 1.75. The summed E-state index contributed by atoms with van der Waals surface area (Å²) in [7, 11) is 4.49. The number of imidazole rings is 1. The lowest BCUT2D eigenvalue weighted by molar-refractivity contribution is 0.103. The molecule has 0 aliphatic carbocycles. The molecule has 0 radical (unpaired) electrons. The largest absolute Gasteiger partial charge is 0.493 e. The number of hydrogen-bond donors (Lipinski definition) is 1. The van der Waals surface area contributed by atoms with Crippen molar-refractivity contribution in [1.29, 1.82) is 0 Å². The van der Waals surface area contributed by atoms with Gasteiger partial charge in [0.25, 0.3) is 11.5 Å². The van der Waals surface area contributed by atoms with E-state index in [1.807, 2.05) is 26.0 Å². The average molecular weight is 439 g/mol. The Labute approximate surface area is 182 Å². The summed E-state index contributed by atoms with van der Waals surface area (Å²) in [6.07, 6.45) is 0. The molecule has 1 N–H and O–H groups in total. The SMILES string of the molecule is COc1cc(NC(=O)c2cc(=O)n3c(nc4cc(C)c(C)cc43)s2)cc(OC)c1OC. The number of nitrogens with zero attached hydrogens (tertiary/aromatic N) is 2. The van der Waals surface area contributed by atoms with E-state index in [4.69, 9.17) is 14.2 Å². The molecule has 8 nitrogen and oxygen atoms in total. The van der Waals surface area contributed by atoms with Crippen LogP contribution in [0.15, 0.2) is 35.1 Å². The summed E-state index contributed by atoms with van der Waals surface area (Å²) < 4.78 is 17.5. The Morgan fingerprint density at radius 2 is 1.61 bits per heavy atom. The molecular formula is C22H21N3O5S. The van der Waals surface area contributed by atoms with Gasteiger partial charge in [-0.15, -0.1) is 0 Å². The number of aryl methyl sites for hydroxylation is 2. The third kappa shape index (κ3) is 3.57. The molecule has 0 bridgehead atoms. The number of carbonyl (C=O) groups is 1. The fourth-order valence-electron chi connectivity index (χ4n) is 3.35. The van der Waals surface area contributed by atoms with E-state index in [0.29, 0.717) is 27.9 Å². The van der Waals surface area contributed by atoms with E-state index in [1.165, 1.54) is 31.8 Å². The first-order chi connectivity index (χ1) is 14.9. The van der Waals surface area contributed by atoms with Crippen molar-refractivity contribution >= 4 is 38.9 Å². The number of aromatic nitrogens is 2. The van der Waals surface area contributed by atoms with Gasteiger partial charge in [-0.05, 0) is 37.1 Å². The molecule has 0 aliphatic heterocycles. The van der Waals surface area contributed by atoms with Crippen LogP contribution in [0.1, 0.15) is 20.8 Å². The minimum absolute atomic E-state index is 0.245. The Kier molecular flexibility index (Phi) is 5.28. The molecular weight excluding hydrogens is 418 g/mol. The number of nitrogens with one attached hydrogen (secondary N) is 1. The normalized spacial score (nSPS) is 11.0. The van der Waals surface area contributed by atoms with Gasteiger partial charge in [0.15, 0.2) is 16.5 Å². The molecule has 9 heteroatoms. The Bertz CT molecular complexity index is 1360. The molecule has 2 aromatic carbocycles. The second-order valence-electron chi connectivity index (χ2n) is 6.97. The van der Waals surface area contributed by atoms with Gasteiger partial charge in [0, 0.05) is 23.9 Å². The number of rotatable bonds is 5. The van der Waals surface area contributed by atoms with Crippen LogP contribution in [-0.2, 0) is 0 Å². The van der Waals surface area contributed by atoms with Gasteiger partial charge in [0.2, 0.25) is 5.75 Å². The zero-order valence-corrected chi connectivity index (χ0v) is 18.5. The summed E-state index contributed by atoms with van der Waals surface area (Å²) in [5.74, 6) is 0.805. The van der Waals surface area contributed by atoms with Crippen LogP contribution in [-0.4, -0.2) is 36.6 Å². The lowest BCUT2D eigenvalue weighted by atomic mass is 10.1. The molecule has 31 heavy (non-hydrogen) atoms. The van der Waals surface area contributed by atoms with Crippen molar-refractivity contribution in [3.63, 3.8) is 0 Å². The number of benzene rings is 2. The second-order valence-corrected chi connectivity index (χ2v) is 7.98. The van der Waals surface area contributed by atoms with Gasteiger partial charge in [0.1, 0.15) is 4.88 Å². The molecule has 160 valence electrons. The molecule has 0 saturated heterocycles. The van der Waals surface area contributed by atoms with Gasteiger partial charge in [-0.2, -0.15) is 0 Å². The van der Waals surface area contributed by atoms with Gasteiger partial charge in [-0.25, -0.2) is 4.98 Å². The number of amides is 1. The van der Waals surface area contributed by atoms with Gasteiger partial charge in [0.05, 0.1) is 32.4 Å². The maximum absolute atomic E-state index is 12.9. The van der Waals surface area contributed by atoms with Crippen molar-refractivity contribution < 1.29 is 19.0 Å². The van der Waals surface area contributed by atoms with Crippen LogP contribution in [0, 0.1) is 13.8 Å². The van der Waals surface area contributed by atoms with Gasteiger partial charge in [-0.3, -0.25) is 14.0 Å². The number of anilines is 1. The lowest BCUT2D eigenvalue weighted by Crippen LogP contribution is -2.17. The highest BCUT2D eigenvalue weighted by atomic mass is 32.1. The highest BCUT2D eigenvalue weighted by Gasteiger charge is 2.18. The highest BCUT2D eigenvalue weighted by molar-refractivity contribution is 7.18. The van der Waals surface area contributed by atoms with E-state index in [2.05, 4.69) is 10.3 Å². The van der Waals surface area contributed by atoms with Crippen LogP contribution < -0.4 is 25.1 Å². The van der Waals surface area contributed by atoms with Crippen LogP contribution in [0.5, 0.6) is 17.2 Å². The second kappa shape index (κ2) is 7.92. The number of carbonyl (C=O) groups excluding carboxylic acids is 1. The van der Waals surface area contributed by atoms with Gasteiger partial charge < -0.3 is 19.5 Å². The Morgan fingerprint density at radius 3 is 2.23 bits per heavy atom. The van der Waals surface area contributed by atoms with E-state index >= 15 is 0 Å². The van der Waals surface area contributed by atoms with Crippen molar-refractivity contribution in [2.45, 2.75) is 13.8 Å². The van der Waals surface area contributed by atoms with E-state index in [-0.39, 0.29) is 10.4 Å². The van der Waals surface area contributed by atoms with E-state index in [9.17, 15) is 9.59 Å². The van der Waals surface area contributed by atoms with Crippen molar-refractivity contribution in [3.8, 4) is 17.2 Å². The minimum atomic E-state index is -0.432. The predicted octanol–water partition coefficient (Wildman–Crippen LogP) is 3.80. The van der Waals surface area contributed by atoms with Crippen molar-refractivity contribution in [2.24, 2.45) is 0 Å². The first-order valence-electron chi connectivity index (χ1n) is 9.41. The van der Waals surface area contributed by atoms with E-state index < -0.39 is 5.91 Å². The molecule has 0 unspecified atom stereocenters. The van der Waals surface area contributed by atoms with Crippen molar-refractivity contribution in [2.75, 3.05) is 26.6 Å². The number of methoxy groups -OCH3 is 3. The molecule has 0 spiro atoms. The Hall–Kier alpha value is -3.59. The molecule has 1 amide bonds. The first-order valence-corrected chi connectivity index (χ1v) is 10.2. The molecule has 4 aromatic rings. The zero-order chi connectivity index (χ0) is 22.3. The molecule has 0 aliphatic rings. The minimum Gasteiger partial charge on any atom is -0.493 e. The maximum atomic E-state index is 12.9. The number of fused-ring (bicyclic) bond motifs is 3. The van der Waals surface area contributed by atoms with E-state index in [1.54, 1.807) is 12.1 Å². The average Bonchev–Trinajstić information content (AvgIpc) is 3.10. The molecule has 0 saturated carbocycles. The lowest BCUT2D eigenvalue weighted by Gasteiger charge is -2.14. The summed E-state index contributed by atoms with van der Waals surface area (Å²) in [6.45, 7) is 3.98. The maximum Gasteiger partial charge on any atom is 0.266 e. The molecule has 2 aromatic heterocycles. The van der Waals surface area contributed by atoms with Crippen LogP contribution in [0.3, 0.4) is 0 Å². The standard InChI is InChI=1S/C22H21N3O5S/c1-11-6-14-15(7-12(11)2)25-19(26)10-18(31-22(25)24-14)21(27)23-13-8-16(28-3)20(30-5)17(9-13)29-4/h6-10H,1-5H3,(H,23,27).